The summed E-state index contributed by atoms with van der Waals surface area (Å²) >= 11 is 7.02. The lowest BCUT2D eigenvalue weighted by molar-refractivity contribution is 0.254. The average molecular weight is 410 g/mol. The monoisotopic (exact) mass is 409 g/mol. The van der Waals surface area contributed by atoms with Crippen molar-refractivity contribution in [1.29, 1.82) is 0 Å². The van der Waals surface area contributed by atoms with Crippen molar-refractivity contribution < 1.29 is 8.42 Å². The Balaban J connectivity index is 1.46. The van der Waals surface area contributed by atoms with Crippen LogP contribution in [-0.4, -0.2) is 35.4 Å². The van der Waals surface area contributed by atoms with Gasteiger partial charge in [-0.3, -0.25) is 0 Å². The van der Waals surface area contributed by atoms with Crippen LogP contribution in [0.4, 0.5) is 0 Å². The van der Waals surface area contributed by atoms with Crippen molar-refractivity contribution in [2.24, 2.45) is 5.92 Å². The molecule has 0 amide bonds. The zero-order chi connectivity index (χ0) is 18.3. The molecule has 138 valence electrons. The Labute approximate surface area is 162 Å². The van der Waals surface area contributed by atoms with E-state index in [1.54, 1.807) is 16.4 Å². The molecule has 0 atom stereocenters. The number of hydrogen-bond acceptors (Lipinski definition) is 4. The van der Waals surface area contributed by atoms with E-state index in [2.05, 4.69) is 15.6 Å². The van der Waals surface area contributed by atoms with E-state index in [0.29, 0.717) is 27.6 Å². The smallest absolute Gasteiger partial charge is 0.252 e. The molecule has 0 saturated carbocycles. The predicted octanol–water partition coefficient (Wildman–Crippen LogP) is 4.16. The fourth-order valence-corrected chi connectivity index (χ4v) is 6.69. The van der Waals surface area contributed by atoms with E-state index in [-0.39, 0.29) is 0 Å². The summed E-state index contributed by atoms with van der Waals surface area (Å²) in [7, 11) is -3.42. The van der Waals surface area contributed by atoms with Gasteiger partial charge in [-0.15, -0.1) is 11.3 Å². The first-order chi connectivity index (χ1) is 12.4. The molecule has 0 radical (unpaired) electrons. The van der Waals surface area contributed by atoms with Crippen molar-refractivity contribution in [3.63, 3.8) is 0 Å². The lowest BCUT2D eigenvalue weighted by atomic mass is 9.98. The second-order valence-electron chi connectivity index (χ2n) is 6.66. The standard InChI is InChI=1S/C18H20ClN3O2S2/c1-13-20-15-4-2-3-5-16(15)22(13)12-14-8-10-21(11-9-14)26(23,24)18-7-6-17(19)25-18/h2-7,14H,8-12H2,1H3. The molecule has 4 rings (SSSR count). The van der Waals surface area contributed by atoms with Crippen molar-refractivity contribution in [2.45, 2.75) is 30.5 Å². The van der Waals surface area contributed by atoms with Gasteiger partial charge in [-0.2, -0.15) is 4.31 Å². The van der Waals surface area contributed by atoms with Crippen LogP contribution in [0.25, 0.3) is 11.0 Å². The molecule has 3 aromatic rings. The van der Waals surface area contributed by atoms with Crippen LogP contribution in [0.5, 0.6) is 0 Å². The minimum atomic E-state index is -3.42. The lowest BCUT2D eigenvalue weighted by Gasteiger charge is -2.31. The van der Waals surface area contributed by atoms with E-state index < -0.39 is 10.0 Å². The summed E-state index contributed by atoms with van der Waals surface area (Å²) in [5.41, 5.74) is 2.16. The molecule has 3 heterocycles. The number of imidazole rings is 1. The van der Waals surface area contributed by atoms with Crippen molar-refractivity contribution >= 4 is 44.0 Å². The van der Waals surface area contributed by atoms with Crippen molar-refractivity contribution in [3.8, 4) is 0 Å². The van der Waals surface area contributed by atoms with Gasteiger partial charge >= 0.3 is 0 Å². The Bertz CT molecular complexity index is 1030. The maximum absolute atomic E-state index is 12.7. The molecule has 0 spiro atoms. The Morgan fingerprint density at radius 2 is 1.92 bits per heavy atom. The molecule has 26 heavy (non-hydrogen) atoms. The summed E-state index contributed by atoms with van der Waals surface area (Å²) in [4.78, 5) is 4.62. The molecule has 2 aromatic heterocycles. The maximum atomic E-state index is 12.7. The fraction of sp³-hybridized carbons (Fsp3) is 0.389. The summed E-state index contributed by atoms with van der Waals surface area (Å²) in [5.74, 6) is 1.46. The number of aromatic nitrogens is 2. The van der Waals surface area contributed by atoms with Crippen LogP contribution < -0.4 is 0 Å². The zero-order valence-corrected chi connectivity index (χ0v) is 16.8. The number of aryl methyl sites for hydroxylation is 1. The Morgan fingerprint density at radius 1 is 1.19 bits per heavy atom. The number of piperidine rings is 1. The average Bonchev–Trinajstić information content (AvgIpc) is 3.20. The van der Waals surface area contributed by atoms with Gasteiger partial charge in [0.15, 0.2) is 0 Å². The molecular formula is C18H20ClN3O2S2. The molecule has 1 aliphatic rings. The van der Waals surface area contributed by atoms with Gasteiger partial charge in [0, 0.05) is 19.6 Å². The van der Waals surface area contributed by atoms with E-state index in [1.165, 1.54) is 0 Å². The Morgan fingerprint density at radius 3 is 2.62 bits per heavy atom. The Kier molecular flexibility index (Phi) is 4.81. The lowest BCUT2D eigenvalue weighted by Crippen LogP contribution is -2.39. The van der Waals surface area contributed by atoms with Gasteiger partial charge in [0.1, 0.15) is 10.0 Å². The predicted molar refractivity (Wildman–Crippen MR) is 105 cm³/mol. The fourth-order valence-electron chi connectivity index (χ4n) is 3.58. The van der Waals surface area contributed by atoms with Crippen LogP contribution >= 0.6 is 22.9 Å². The molecule has 1 aliphatic heterocycles. The number of nitrogens with zero attached hydrogens (tertiary/aromatic N) is 3. The molecule has 0 N–H and O–H groups in total. The topological polar surface area (TPSA) is 55.2 Å². The van der Waals surface area contributed by atoms with Crippen LogP contribution in [0, 0.1) is 12.8 Å². The van der Waals surface area contributed by atoms with Crippen molar-refractivity contribution in [1.82, 2.24) is 13.9 Å². The summed E-state index contributed by atoms with van der Waals surface area (Å²) in [6, 6.07) is 11.4. The molecule has 0 bridgehead atoms. The first kappa shape index (κ1) is 18.0. The number of benzene rings is 1. The van der Waals surface area contributed by atoms with Gasteiger partial charge in [0.25, 0.3) is 10.0 Å². The van der Waals surface area contributed by atoms with E-state index in [0.717, 1.165) is 47.6 Å². The van der Waals surface area contributed by atoms with E-state index >= 15 is 0 Å². The minimum absolute atomic E-state index is 0.331. The Hall–Kier alpha value is -1.41. The highest BCUT2D eigenvalue weighted by atomic mass is 35.5. The molecule has 0 unspecified atom stereocenters. The van der Waals surface area contributed by atoms with Gasteiger partial charge in [-0.05, 0) is 49.9 Å². The first-order valence-corrected chi connectivity index (χ1v) is 11.3. The van der Waals surface area contributed by atoms with Gasteiger partial charge < -0.3 is 4.57 Å². The highest BCUT2D eigenvalue weighted by Gasteiger charge is 2.30. The van der Waals surface area contributed by atoms with Crippen molar-refractivity contribution in [3.05, 3.63) is 46.6 Å². The third-order valence-electron chi connectivity index (χ3n) is 5.00. The molecule has 0 aliphatic carbocycles. The highest BCUT2D eigenvalue weighted by Crippen LogP contribution is 2.31. The quantitative estimate of drug-likeness (QED) is 0.650. The molecule has 8 heteroatoms. The highest BCUT2D eigenvalue weighted by molar-refractivity contribution is 7.91. The van der Waals surface area contributed by atoms with E-state index in [1.807, 2.05) is 25.1 Å². The van der Waals surface area contributed by atoms with Crippen LogP contribution in [0.1, 0.15) is 18.7 Å². The van der Waals surface area contributed by atoms with Crippen LogP contribution in [0.15, 0.2) is 40.6 Å². The summed E-state index contributed by atoms with van der Waals surface area (Å²) in [6.07, 6.45) is 1.70. The largest absolute Gasteiger partial charge is 0.328 e. The first-order valence-electron chi connectivity index (χ1n) is 8.62. The van der Waals surface area contributed by atoms with E-state index in [9.17, 15) is 8.42 Å². The number of rotatable bonds is 4. The molecule has 1 fully saturated rings. The second kappa shape index (κ2) is 6.96. The number of para-hydroxylation sites is 2. The number of fused-ring (bicyclic) bond motifs is 1. The summed E-state index contributed by atoms with van der Waals surface area (Å²) < 4.78 is 30.1. The summed E-state index contributed by atoms with van der Waals surface area (Å²) in [6.45, 7) is 4.01. The molecule has 5 nitrogen and oxygen atoms in total. The molecule has 1 aromatic carbocycles. The summed E-state index contributed by atoms with van der Waals surface area (Å²) in [5, 5.41) is 0. The van der Waals surface area contributed by atoms with Gasteiger partial charge in [-0.25, -0.2) is 13.4 Å². The SMILES string of the molecule is Cc1nc2ccccc2n1CC1CCN(S(=O)(=O)c2ccc(Cl)s2)CC1. The van der Waals surface area contributed by atoms with Gasteiger partial charge in [-0.1, -0.05) is 23.7 Å². The molecule has 1 saturated heterocycles. The third-order valence-corrected chi connectivity index (χ3v) is 8.60. The van der Waals surface area contributed by atoms with Crippen LogP contribution in [0.2, 0.25) is 4.34 Å². The number of hydrogen-bond donors (Lipinski definition) is 0. The minimum Gasteiger partial charge on any atom is -0.328 e. The number of halogens is 1. The number of thiophene rings is 1. The van der Waals surface area contributed by atoms with Crippen LogP contribution in [-0.2, 0) is 16.6 Å². The second-order valence-corrected chi connectivity index (χ2v) is 10.5. The van der Waals surface area contributed by atoms with Gasteiger partial charge in [0.2, 0.25) is 0 Å². The third kappa shape index (κ3) is 3.29. The normalized spacial score (nSPS) is 17.2. The molecular weight excluding hydrogens is 390 g/mol. The van der Waals surface area contributed by atoms with Crippen molar-refractivity contribution in [2.75, 3.05) is 13.1 Å². The zero-order valence-electron chi connectivity index (χ0n) is 14.4. The number of sulfonamides is 1. The van der Waals surface area contributed by atoms with Gasteiger partial charge in [0.05, 0.1) is 15.4 Å². The maximum Gasteiger partial charge on any atom is 0.252 e. The van der Waals surface area contributed by atoms with E-state index in [4.69, 9.17) is 11.6 Å². The van der Waals surface area contributed by atoms with Crippen LogP contribution in [0.3, 0.4) is 0 Å².